The maximum Gasteiger partial charge on any atom is 0.222 e. The summed E-state index contributed by atoms with van der Waals surface area (Å²) in [6.45, 7) is 2.57. The van der Waals surface area contributed by atoms with E-state index in [0.717, 1.165) is 30.4 Å². The molecule has 0 amide bonds. The molecule has 1 saturated carbocycles. The minimum absolute atomic E-state index is 0.333. The van der Waals surface area contributed by atoms with Crippen LogP contribution in [0.3, 0.4) is 0 Å². The Morgan fingerprint density at radius 2 is 1.78 bits per heavy atom. The van der Waals surface area contributed by atoms with Gasteiger partial charge >= 0.3 is 0 Å². The van der Waals surface area contributed by atoms with E-state index in [9.17, 15) is 0 Å². The van der Waals surface area contributed by atoms with Gasteiger partial charge in [0.05, 0.1) is 5.69 Å². The number of aromatic nitrogens is 2. The third kappa shape index (κ3) is 3.29. The lowest BCUT2D eigenvalue weighted by Gasteiger charge is -2.42. The van der Waals surface area contributed by atoms with Crippen molar-refractivity contribution >= 4 is 11.8 Å². The van der Waals surface area contributed by atoms with E-state index in [0.29, 0.717) is 17.9 Å². The Hall–Kier alpha value is -2.14. The summed E-state index contributed by atoms with van der Waals surface area (Å²) in [5.74, 6) is 1.72. The van der Waals surface area contributed by atoms with Crippen molar-refractivity contribution in [3.63, 3.8) is 0 Å². The second kappa shape index (κ2) is 7.12. The van der Waals surface area contributed by atoms with Crippen molar-refractivity contribution in [2.75, 3.05) is 24.1 Å². The predicted octanol–water partition coefficient (Wildman–Crippen LogP) is 3.57. The summed E-state index contributed by atoms with van der Waals surface area (Å²) in [7, 11) is 0. The number of rotatable bonds is 4. The Labute approximate surface area is 161 Å². The molecule has 2 heterocycles. The highest BCUT2D eigenvalue weighted by Gasteiger charge is 2.36. The van der Waals surface area contributed by atoms with Gasteiger partial charge in [0.15, 0.2) is 0 Å². The van der Waals surface area contributed by atoms with E-state index in [4.69, 9.17) is 5.73 Å². The number of hydrogen-bond acceptors (Lipinski definition) is 5. The number of hydrogen-bond donors (Lipinski definition) is 2. The third-order valence-corrected chi connectivity index (χ3v) is 6.62. The largest absolute Gasteiger partial charge is 0.368 e. The van der Waals surface area contributed by atoms with Gasteiger partial charge in [0.2, 0.25) is 5.95 Å². The predicted molar refractivity (Wildman–Crippen MR) is 109 cm³/mol. The van der Waals surface area contributed by atoms with Crippen molar-refractivity contribution in [2.45, 2.75) is 62.9 Å². The minimum Gasteiger partial charge on any atom is -0.368 e. The summed E-state index contributed by atoms with van der Waals surface area (Å²) in [5, 5.41) is 3.72. The smallest absolute Gasteiger partial charge is 0.222 e. The number of nitrogen functional groups attached to an aromatic ring is 1. The van der Waals surface area contributed by atoms with Crippen LogP contribution in [0, 0.1) is 0 Å². The molecule has 2 fully saturated rings. The van der Waals surface area contributed by atoms with Gasteiger partial charge in [0.1, 0.15) is 5.82 Å². The minimum atomic E-state index is 0.333. The molecule has 5 rings (SSSR count). The summed E-state index contributed by atoms with van der Waals surface area (Å²) in [6, 6.07) is 12.0. The Morgan fingerprint density at radius 1 is 1.00 bits per heavy atom. The molecule has 0 bridgehead atoms. The molecule has 1 unspecified atom stereocenters. The van der Waals surface area contributed by atoms with Gasteiger partial charge in [-0.15, -0.1) is 0 Å². The highest BCUT2D eigenvalue weighted by Crippen LogP contribution is 2.39. The van der Waals surface area contributed by atoms with Crippen LogP contribution in [0.4, 0.5) is 11.8 Å². The van der Waals surface area contributed by atoms with Crippen molar-refractivity contribution in [1.82, 2.24) is 14.9 Å². The van der Waals surface area contributed by atoms with Gasteiger partial charge in [-0.2, -0.15) is 4.98 Å². The van der Waals surface area contributed by atoms with E-state index in [1.54, 1.807) is 0 Å². The molecular weight excluding hydrogens is 334 g/mol. The number of nitrogens with one attached hydrogen (secondary N) is 1. The lowest BCUT2D eigenvalue weighted by Crippen LogP contribution is -2.49. The van der Waals surface area contributed by atoms with Crippen LogP contribution in [0.5, 0.6) is 0 Å². The van der Waals surface area contributed by atoms with Gasteiger partial charge in [-0.3, -0.25) is 0 Å². The van der Waals surface area contributed by atoms with Gasteiger partial charge in [0.25, 0.3) is 0 Å². The molecule has 5 nitrogen and oxygen atoms in total. The summed E-state index contributed by atoms with van der Waals surface area (Å²) >= 11 is 0. The fourth-order valence-corrected chi connectivity index (χ4v) is 5.11. The number of nitrogens with zero attached hydrogens (tertiary/aromatic N) is 3. The van der Waals surface area contributed by atoms with Gasteiger partial charge < -0.3 is 16.0 Å². The SMILES string of the molecule is Nc1nc(N[C@H]2C[C@H](N3CCCC3)C2)c2c(n1)C(c1ccccc1)CCC2. The van der Waals surface area contributed by atoms with E-state index in [-0.39, 0.29) is 0 Å². The molecule has 3 aliphatic rings. The molecule has 5 heteroatoms. The van der Waals surface area contributed by atoms with Crippen LogP contribution in [0.1, 0.15) is 61.3 Å². The summed E-state index contributed by atoms with van der Waals surface area (Å²) < 4.78 is 0. The number of likely N-dealkylation sites (tertiary alicyclic amines) is 1. The van der Waals surface area contributed by atoms with Crippen molar-refractivity contribution < 1.29 is 0 Å². The molecule has 0 radical (unpaired) electrons. The van der Waals surface area contributed by atoms with Gasteiger partial charge in [-0.25, -0.2) is 4.98 Å². The molecule has 142 valence electrons. The van der Waals surface area contributed by atoms with E-state index in [1.807, 2.05) is 0 Å². The van der Waals surface area contributed by atoms with Gasteiger partial charge in [0, 0.05) is 23.6 Å². The number of fused-ring (bicyclic) bond motifs is 1. The van der Waals surface area contributed by atoms with E-state index < -0.39 is 0 Å². The lowest BCUT2D eigenvalue weighted by molar-refractivity contribution is 0.145. The van der Waals surface area contributed by atoms with E-state index in [1.165, 1.54) is 56.3 Å². The number of benzene rings is 1. The second-order valence-electron chi connectivity index (χ2n) is 8.36. The van der Waals surface area contributed by atoms with Crippen molar-refractivity contribution in [1.29, 1.82) is 0 Å². The average molecular weight is 364 g/mol. The van der Waals surface area contributed by atoms with Gasteiger partial charge in [-0.05, 0) is 63.6 Å². The average Bonchev–Trinajstić information content (AvgIpc) is 3.18. The Morgan fingerprint density at radius 3 is 2.56 bits per heavy atom. The van der Waals surface area contributed by atoms with Gasteiger partial charge in [-0.1, -0.05) is 30.3 Å². The highest BCUT2D eigenvalue weighted by molar-refractivity contribution is 5.54. The molecule has 3 N–H and O–H groups in total. The summed E-state index contributed by atoms with van der Waals surface area (Å²) in [5.41, 5.74) is 9.87. The fraction of sp³-hybridized carbons (Fsp3) is 0.545. The monoisotopic (exact) mass is 363 g/mol. The first-order chi connectivity index (χ1) is 13.3. The Kier molecular flexibility index (Phi) is 4.48. The van der Waals surface area contributed by atoms with E-state index >= 15 is 0 Å². The topological polar surface area (TPSA) is 67.1 Å². The van der Waals surface area contributed by atoms with Crippen molar-refractivity contribution in [2.24, 2.45) is 0 Å². The zero-order chi connectivity index (χ0) is 18.2. The molecule has 27 heavy (non-hydrogen) atoms. The fourth-order valence-electron chi connectivity index (χ4n) is 5.11. The quantitative estimate of drug-likeness (QED) is 0.869. The van der Waals surface area contributed by atoms with Crippen LogP contribution < -0.4 is 11.1 Å². The molecule has 1 atom stereocenters. The second-order valence-corrected chi connectivity index (χ2v) is 8.36. The molecule has 1 saturated heterocycles. The highest BCUT2D eigenvalue weighted by atomic mass is 15.2. The molecular formula is C22H29N5. The Balaban J connectivity index is 1.36. The van der Waals surface area contributed by atoms with Crippen LogP contribution in [0.15, 0.2) is 30.3 Å². The molecule has 1 aromatic heterocycles. The van der Waals surface area contributed by atoms with Crippen LogP contribution >= 0.6 is 0 Å². The van der Waals surface area contributed by atoms with Crippen LogP contribution in [-0.4, -0.2) is 40.0 Å². The normalized spacial score (nSPS) is 27.8. The van der Waals surface area contributed by atoms with Crippen LogP contribution in [0.2, 0.25) is 0 Å². The van der Waals surface area contributed by atoms with Crippen LogP contribution in [0.25, 0.3) is 0 Å². The zero-order valence-corrected chi connectivity index (χ0v) is 15.9. The first-order valence-electron chi connectivity index (χ1n) is 10.5. The molecule has 2 aliphatic carbocycles. The van der Waals surface area contributed by atoms with Crippen LogP contribution in [-0.2, 0) is 6.42 Å². The van der Waals surface area contributed by atoms with Crippen molar-refractivity contribution in [3.8, 4) is 0 Å². The number of anilines is 2. The summed E-state index contributed by atoms with van der Waals surface area (Å²) in [6.07, 6.45) is 8.53. The first kappa shape index (κ1) is 17.0. The third-order valence-electron chi connectivity index (χ3n) is 6.62. The molecule has 2 aromatic rings. The first-order valence-corrected chi connectivity index (χ1v) is 10.5. The Bertz CT molecular complexity index is 794. The van der Waals surface area contributed by atoms with Crippen molar-refractivity contribution in [3.05, 3.63) is 47.2 Å². The standard InChI is InChI=1S/C22H29N5/c23-22-25-20-18(15-7-2-1-3-8-15)9-6-10-19(20)21(26-22)24-16-13-17(14-16)27-11-4-5-12-27/h1-3,7-8,16-18H,4-6,9-14H2,(H3,23,24,25,26)/t16-,17-,18?. The molecule has 1 aliphatic heterocycles. The zero-order valence-electron chi connectivity index (χ0n) is 15.9. The maximum atomic E-state index is 6.11. The molecule has 1 aromatic carbocycles. The maximum absolute atomic E-state index is 6.11. The lowest BCUT2D eigenvalue weighted by atomic mass is 9.81. The molecule has 0 spiro atoms. The summed E-state index contributed by atoms with van der Waals surface area (Å²) in [4.78, 5) is 11.9. The van der Waals surface area contributed by atoms with E-state index in [2.05, 4.69) is 50.5 Å². The number of nitrogens with two attached hydrogens (primary N) is 1.